The van der Waals surface area contributed by atoms with Crippen LogP contribution < -0.4 is 10.1 Å². The molecule has 1 aliphatic rings. The van der Waals surface area contributed by atoms with Gasteiger partial charge in [0.1, 0.15) is 11.9 Å². The number of piperidine rings is 1. The highest BCUT2D eigenvalue weighted by molar-refractivity contribution is 5.64. The maximum absolute atomic E-state index is 10.6. The monoisotopic (exact) mass is 339 g/mol. The number of likely N-dealkylation sites (tertiary alicyclic amines) is 1. The molecule has 1 aromatic carbocycles. The van der Waals surface area contributed by atoms with Crippen molar-refractivity contribution in [1.29, 1.82) is 0 Å². The van der Waals surface area contributed by atoms with Crippen LogP contribution in [-0.2, 0) is 0 Å². The zero-order chi connectivity index (χ0) is 17.5. The molecule has 0 spiro atoms. The smallest absolute Gasteiger partial charge is 0.404 e. The van der Waals surface area contributed by atoms with E-state index in [1.54, 1.807) is 12.1 Å². The number of benzene rings is 1. The number of β-amino-alcohol motifs (C(OH)–C–C–N with tert-alkyl or cyclic N) is 1. The molecule has 0 bridgehead atoms. The molecule has 24 heavy (non-hydrogen) atoms. The highest BCUT2D eigenvalue weighted by atomic mass is 16.6. The van der Waals surface area contributed by atoms with Gasteiger partial charge in [0, 0.05) is 38.3 Å². The third kappa shape index (κ3) is 5.67. The second kappa shape index (κ2) is 8.46. The van der Waals surface area contributed by atoms with Crippen molar-refractivity contribution in [3.63, 3.8) is 0 Å². The van der Waals surface area contributed by atoms with Gasteiger partial charge in [-0.1, -0.05) is 0 Å². The summed E-state index contributed by atoms with van der Waals surface area (Å²) >= 11 is 0. The second-order valence-electron chi connectivity index (χ2n) is 5.71. The number of hydrogen-bond donors (Lipinski definition) is 3. The molecular weight excluding hydrogens is 318 g/mol. The molecule has 1 atom stereocenters. The average molecular weight is 339 g/mol. The molecule has 132 valence electrons. The van der Waals surface area contributed by atoms with Crippen molar-refractivity contribution in [2.45, 2.75) is 25.0 Å². The van der Waals surface area contributed by atoms with Crippen LogP contribution in [0.5, 0.6) is 5.75 Å². The van der Waals surface area contributed by atoms with E-state index in [0.717, 1.165) is 25.9 Å². The van der Waals surface area contributed by atoms with Gasteiger partial charge in [0.05, 0.1) is 11.0 Å². The van der Waals surface area contributed by atoms with Crippen LogP contribution >= 0.6 is 0 Å². The number of ether oxygens (including phenoxy) is 1. The van der Waals surface area contributed by atoms with E-state index in [0.29, 0.717) is 12.3 Å². The van der Waals surface area contributed by atoms with Crippen molar-refractivity contribution in [2.24, 2.45) is 0 Å². The van der Waals surface area contributed by atoms with E-state index in [9.17, 15) is 20.0 Å². The Morgan fingerprint density at radius 1 is 1.38 bits per heavy atom. The third-order valence-electron chi connectivity index (χ3n) is 3.84. The lowest BCUT2D eigenvalue weighted by Crippen LogP contribution is -2.44. The highest BCUT2D eigenvalue weighted by Crippen LogP contribution is 2.22. The fraction of sp³-hybridized carbons (Fsp3) is 0.533. The van der Waals surface area contributed by atoms with Crippen LogP contribution in [0.4, 0.5) is 10.5 Å². The van der Waals surface area contributed by atoms with Crippen LogP contribution in [0.3, 0.4) is 0 Å². The first-order valence-electron chi connectivity index (χ1n) is 7.72. The molecule has 1 aromatic rings. The number of aliphatic hydroxyl groups excluding tert-OH is 1. The quantitative estimate of drug-likeness (QED) is 0.501. The molecule has 1 fully saturated rings. The van der Waals surface area contributed by atoms with Crippen molar-refractivity contribution in [1.82, 2.24) is 10.2 Å². The molecule has 0 aliphatic carbocycles. The maximum atomic E-state index is 10.6. The fourth-order valence-corrected chi connectivity index (χ4v) is 2.62. The van der Waals surface area contributed by atoms with E-state index in [1.165, 1.54) is 12.1 Å². The first-order valence-corrected chi connectivity index (χ1v) is 7.72. The van der Waals surface area contributed by atoms with Crippen molar-refractivity contribution >= 4 is 11.8 Å². The Hall–Kier alpha value is -2.39. The number of carbonyl (C=O) groups is 1. The molecule has 1 amide bonds. The number of amides is 1. The Labute approximate surface area is 139 Å². The van der Waals surface area contributed by atoms with Gasteiger partial charge in [0.25, 0.3) is 5.69 Å². The van der Waals surface area contributed by atoms with Crippen LogP contribution in [0.15, 0.2) is 24.3 Å². The topological polar surface area (TPSA) is 125 Å². The summed E-state index contributed by atoms with van der Waals surface area (Å²) in [5.74, 6) is 0.602. The summed E-state index contributed by atoms with van der Waals surface area (Å²) in [4.78, 5) is 22.6. The predicted octanol–water partition coefficient (Wildman–Crippen LogP) is 1.07. The number of non-ortho nitro benzene ring substituents is 1. The average Bonchev–Trinajstić information content (AvgIpc) is 2.55. The van der Waals surface area contributed by atoms with Gasteiger partial charge in [0.15, 0.2) is 0 Å². The summed E-state index contributed by atoms with van der Waals surface area (Å²) in [7, 11) is 0. The van der Waals surface area contributed by atoms with Gasteiger partial charge < -0.3 is 25.2 Å². The lowest BCUT2D eigenvalue weighted by Gasteiger charge is -2.33. The first kappa shape index (κ1) is 18.0. The first-order chi connectivity index (χ1) is 11.4. The SMILES string of the molecule is O=C(O)NCC(O)CN1CCC(Oc2ccc([N+](=O)[O-])cc2)CC1. The largest absolute Gasteiger partial charge is 0.490 e. The number of hydrogen-bond acceptors (Lipinski definition) is 6. The van der Waals surface area contributed by atoms with Crippen molar-refractivity contribution in [2.75, 3.05) is 26.2 Å². The number of rotatable bonds is 7. The summed E-state index contributed by atoms with van der Waals surface area (Å²) in [6.45, 7) is 1.89. The lowest BCUT2D eigenvalue weighted by atomic mass is 10.1. The van der Waals surface area contributed by atoms with E-state index >= 15 is 0 Å². The number of aliphatic hydroxyl groups is 1. The molecule has 0 radical (unpaired) electrons. The zero-order valence-electron chi connectivity index (χ0n) is 13.1. The molecule has 0 aromatic heterocycles. The number of nitrogens with one attached hydrogen (secondary N) is 1. The molecule has 2 rings (SSSR count). The van der Waals surface area contributed by atoms with E-state index in [1.807, 2.05) is 0 Å². The molecule has 1 heterocycles. The molecular formula is C15H21N3O6. The van der Waals surface area contributed by atoms with Gasteiger partial charge in [-0.15, -0.1) is 0 Å². The van der Waals surface area contributed by atoms with Crippen LogP contribution in [0.2, 0.25) is 0 Å². The van der Waals surface area contributed by atoms with Crippen molar-refractivity contribution < 1.29 is 24.7 Å². The fourth-order valence-electron chi connectivity index (χ4n) is 2.62. The molecule has 9 heteroatoms. The Balaban J connectivity index is 1.72. The lowest BCUT2D eigenvalue weighted by molar-refractivity contribution is -0.384. The van der Waals surface area contributed by atoms with Gasteiger partial charge in [-0.3, -0.25) is 10.1 Å². The molecule has 1 aliphatic heterocycles. The number of nitro benzene ring substituents is 1. The van der Waals surface area contributed by atoms with Gasteiger partial charge in [-0.25, -0.2) is 4.79 Å². The van der Waals surface area contributed by atoms with E-state index in [2.05, 4.69) is 10.2 Å². The Morgan fingerprint density at radius 3 is 2.54 bits per heavy atom. The Bertz CT molecular complexity index is 557. The third-order valence-corrected chi connectivity index (χ3v) is 3.84. The summed E-state index contributed by atoms with van der Waals surface area (Å²) in [6.07, 6.45) is -0.318. The summed E-state index contributed by atoms with van der Waals surface area (Å²) in [5, 5.41) is 31.0. The summed E-state index contributed by atoms with van der Waals surface area (Å²) in [5.41, 5.74) is 0.0288. The molecule has 1 unspecified atom stereocenters. The normalized spacial score (nSPS) is 17.2. The van der Waals surface area contributed by atoms with Gasteiger partial charge in [-0.2, -0.15) is 0 Å². The molecule has 1 saturated heterocycles. The Morgan fingerprint density at radius 2 is 2.00 bits per heavy atom. The zero-order valence-corrected chi connectivity index (χ0v) is 13.1. The summed E-state index contributed by atoms with van der Waals surface area (Å²) < 4.78 is 5.82. The van der Waals surface area contributed by atoms with Gasteiger partial charge >= 0.3 is 6.09 Å². The number of carboxylic acid groups (broad SMARTS) is 1. The van der Waals surface area contributed by atoms with Crippen LogP contribution in [0.25, 0.3) is 0 Å². The molecule has 9 nitrogen and oxygen atoms in total. The minimum absolute atomic E-state index is 0.00849. The van der Waals surface area contributed by atoms with Crippen LogP contribution in [0, 0.1) is 10.1 Å². The molecule has 3 N–H and O–H groups in total. The van der Waals surface area contributed by atoms with Crippen molar-refractivity contribution in [3.8, 4) is 5.75 Å². The predicted molar refractivity (Wildman–Crippen MR) is 85.2 cm³/mol. The van der Waals surface area contributed by atoms with Crippen molar-refractivity contribution in [3.05, 3.63) is 34.4 Å². The maximum Gasteiger partial charge on any atom is 0.404 e. The second-order valence-corrected chi connectivity index (χ2v) is 5.71. The van der Waals surface area contributed by atoms with E-state index < -0.39 is 17.1 Å². The van der Waals surface area contributed by atoms with Crippen LogP contribution in [0.1, 0.15) is 12.8 Å². The molecule has 0 saturated carbocycles. The van der Waals surface area contributed by atoms with Gasteiger partial charge in [-0.05, 0) is 25.0 Å². The van der Waals surface area contributed by atoms with E-state index in [-0.39, 0.29) is 18.3 Å². The Kier molecular flexibility index (Phi) is 6.33. The van der Waals surface area contributed by atoms with Crippen LogP contribution in [-0.4, -0.2) is 64.5 Å². The summed E-state index contributed by atoms with van der Waals surface area (Å²) in [6, 6.07) is 6.00. The highest BCUT2D eigenvalue weighted by Gasteiger charge is 2.22. The minimum Gasteiger partial charge on any atom is -0.490 e. The van der Waals surface area contributed by atoms with E-state index in [4.69, 9.17) is 9.84 Å². The number of nitrogens with zero attached hydrogens (tertiary/aromatic N) is 2. The number of nitro groups is 1. The van der Waals surface area contributed by atoms with Gasteiger partial charge in [0.2, 0.25) is 0 Å². The standard InChI is InChI=1S/C15H21N3O6/c19-12(9-16-15(20)21)10-17-7-5-14(6-8-17)24-13-3-1-11(2-4-13)18(22)23/h1-4,12,14,16,19H,5-10H2,(H,20,21). The minimum atomic E-state index is -1.15.